The maximum absolute atomic E-state index is 10.8. The zero-order valence-electron chi connectivity index (χ0n) is 9.50. The van der Waals surface area contributed by atoms with E-state index >= 15 is 0 Å². The smallest absolute Gasteiger partial charge is 0.250 e. The lowest BCUT2D eigenvalue weighted by Gasteiger charge is -2.16. The summed E-state index contributed by atoms with van der Waals surface area (Å²) in [5.41, 5.74) is 5.49. The molecule has 5 nitrogen and oxygen atoms in total. The van der Waals surface area contributed by atoms with Gasteiger partial charge in [0.05, 0.1) is 0 Å². The fraction of sp³-hybridized carbons (Fsp3) is 0.417. The van der Waals surface area contributed by atoms with Gasteiger partial charge in [0.2, 0.25) is 0 Å². The van der Waals surface area contributed by atoms with Crippen molar-refractivity contribution in [3.8, 4) is 5.75 Å². The average molecular weight is 236 g/mol. The molecule has 92 valence electrons. The molecule has 1 amide bonds. The Morgan fingerprint density at radius 3 is 2.41 bits per heavy atom. The van der Waals surface area contributed by atoms with Crippen LogP contribution < -0.4 is 10.6 Å². The number of amides is 1. The molecule has 1 atom stereocenters. The summed E-state index contributed by atoms with van der Waals surface area (Å²) in [6, 6.07) is 6.72. The summed E-state index contributed by atoms with van der Waals surface area (Å²) >= 11 is 0. The van der Waals surface area contributed by atoms with Crippen LogP contribution in [0, 0.1) is 0 Å². The van der Waals surface area contributed by atoms with Crippen LogP contribution in [0.5, 0.6) is 5.75 Å². The molecule has 0 aliphatic carbocycles. The molecule has 1 aromatic carbocycles. The fourth-order valence-corrected chi connectivity index (χ4v) is 1.80. The molecule has 1 saturated heterocycles. The van der Waals surface area contributed by atoms with Crippen molar-refractivity contribution < 1.29 is 14.7 Å². The van der Waals surface area contributed by atoms with E-state index in [4.69, 9.17) is 10.6 Å². The highest BCUT2D eigenvalue weighted by Crippen LogP contribution is 2.19. The Morgan fingerprint density at radius 2 is 1.88 bits per heavy atom. The van der Waals surface area contributed by atoms with Crippen LogP contribution in [0.1, 0.15) is 24.5 Å². The van der Waals surface area contributed by atoms with Gasteiger partial charge in [-0.2, -0.15) is 0 Å². The minimum atomic E-state index is -1.25. The molecule has 17 heavy (non-hydrogen) atoms. The first kappa shape index (κ1) is 11.9. The summed E-state index contributed by atoms with van der Waals surface area (Å²) < 4.78 is 0. The van der Waals surface area contributed by atoms with Crippen molar-refractivity contribution in [2.24, 2.45) is 5.73 Å². The molecule has 1 fully saturated rings. The highest BCUT2D eigenvalue weighted by atomic mass is 16.7. The average Bonchev–Trinajstić information content (AvgIpc) is 2.82. The molecular formula is C12H16N2O3. The van der Waals surface area contributed by atoms with Gasteiger partial charge < -0.3 is 15.7 Å². The Kier molecular flexibility index (Phi) is 3.61. The molecule has 1 aromatic rings. The molecule has 1 heterocycles. The molecule has 0 spiro atoms. The van der Waals surface area contributed by atoms with E-state index in [1.807, 2.05) is 5.06 Å². The third-order valence-electron chi connectivity index (χ3n) is 2.76. The van der Waals surface area contributed by atoms with Gasteiger partial charge in [0.15, 0.2) is 6.10 Å². The molecule has 1 aliphatic rings. The number of hydrogen-bond acceptors (Lipinski definition) is 4. The number of aliphatic hydroxyl groups excluding tert-OH is 1. The summed E-state index contributed by atoms with van der Waals surface area (Å²) in [6.45, 7) is 1.87. The maximum atomic E-state index is 10.8. The predicted octanol–water partition coefficient (Wildman–Crippen LogP) is 0.595. The summed E-state index contributed by atoms with van der Waals surface area (Å²) in [6.07, 6.45) is 1.05. The summed E-state index contributed by atoms with van der Waals surface area (Å²) in [4.78, 5) is 16.4. The second-order valence-electron chi connectivity index (χ2n) is 4.10. The first-order valence-electron chi connectivity index (χ1n) is 5.67. The van der Waals surface area contributed by atoms with Crippen molar-refractivity contribution in [1.82, 2.24) is 5.06 Å². The maximum Gasteiger partial charge on any atom is 0.250 e. The molecule has 2 rings (SSSR count). The molecule has 0 radical (unpaired) electrons. The van der Waals surface area contributed by atoms with Crippen molar-refractivity contribution in [1.29, 1.82) is 0 Å². The van der Waals surface area contributed by atoms with E-state index in [0.717, 1.165) is 25.9 Å². The van der Waals surface area contributed by atoms with Gasteiger partial charge in [0.1, 0.15) is 5.75 Å². The summed E-state index contributed by atoms with van der Waals surface area (Å²) in [5.74, 6) is -0.0504. The second kappa shape index (κ2) is 5.16. The van der Waals surface area contributed by atoms with Crippen molar-refractivity contribution >= 4 is 5.91 Å². The zero-order chi connectivity index (χ0) is 12.3. The monoisotopic (exact) mass is 236 g/mol. The molecule has 3 N–H and O–H groups in total. The predicted molar refractivity (Wildman–Crippen MR) is 62.0 cm³/mol. The van der Waals surface area contributed by atoms with Crippen LogP contribution in [0.3, 0.4) is 0 Å². The lowest BCUT2D eigenvalue weighted by Crippen LogP contribution is -2.23. The van der Waals surface area contributed by atoms with Gasteiger partial charge >= 0.3 is 0 Å². The molecule has 0 saturated carbocycles. The Bertz CT molecular complexity index is 385. The van der Waals surface area contributed by atoms with Gasteiger partial charge in [-0.05, 0) is 30.5 Å². The molecule has 5 heteroatoms. The Labute approximate surface area is 99.7 Å². The lowest BCUT2D eigenvalue weighted by atomic mass is 10.1. The van der Waals surface area contributed by atoms with Crippen LogP contribution in [-0.4, -0.2) is 29.2 Å². The van der Waals surface area contributed by atoms with E-state index in [2.05, 4.69) is 0 Å². The third kappa shape index (κ3) is 2.95. The number of hydroxylamine groups is 2. The van der Waals surface area contributed by atoms with Gasteiger partial charge in [-0.1, -0.05) is 12.1 Å². The second-order valence-corrected chi connectivity index (χ2v) is 4.10. The number of rotatable bonds is 4. The molecule has 0 bridgehead atoms. The van der Waals surface area contributed by atoms with Crippen LogP contribution in [0.2, 0.25) is 0 Å². The largest absolute Gasteiger partial charge is 0.406 e. The Morgan fingerprint density at radius 1 is 1.29 bits per heavy atom. The number of carbonyl (C=O) groups is 1. The van der Waals surface area contributed by atoms with Gasteiger partial charge in [0, 0.05) is 13.1 Å². The zero-order valence-corrected chi connectivity index (χ0v) is 9.50. The van der Waals surface area contributed by atoms with E-state index in [0.29, 0.717) is 11.3 Å². The van der Waals surface area contributed by atoms with Gasteiger partial charge in [0.25, 0.3) is 5.91 Å². The summed E-state index contributed by atoms with van der Waals surface area (Å²) in [5, 5.41) is 11.3. The minimum Gasteiger partial charge on any atom is -0.406 e. The summed E-state index contributed by atoms with van der Waals surface area (Å²) in [7, 11) is 0. The van der Waals surface area contributed by atoms with Gasteiger partial charge in [-0.15, -0.1) is 5.06 Å². The number of nitrogens with two attached hydrogens (primary N) is 1. The van der Waals surface area contributed by atoms with E-state index < -0.39 is 12.0 Å². The normalized spacial score (nSPS) is 17.9. The fourth-order valence-electron chi connectivity index (χ4n) is 1.80. The van der Waals surface area contributed by atoms with Crippen LogP contribution in [-0.2, 0) is 4.79 Å². The van der Waals surface area contributed by atoms with Crippen molar-refractivity contribution in [3.63, 3.8) is 0 Å². The van der Waals surface area contributed by atoms with E-state index in [1.165, 1.54) is 0 Å². The van der Waals surface area contributed by atoms with Gasteiger partial charge in [-0.25, -0.2) is 0 Å². The van der Waals surface area contributed by atoms with E-state index in [1.54, 1.807) is 24.3 Å². The van der Waals surface area contributed by atoms with Crippen molar-refractivity contribution in [3.05, 3.63) is 29.8 Å². The number of aliphatic hydroxyl groups is 1. The number of nitrogens with zero attached hydrogens (tertiary/aromatic N) is 1. The minimum absolute atomic E-state index is 0.478. The van der Waals surface area contributed by atoms with Gasteiger partial charge in [-0.3, -0.25) is 4.79 Å². The third-order valence-corrected chi connectivity index (χ3v) is 2.76. The van der Waals surface area contributed by atoms with Crippen molar-refractivity contribution in [2.45, 2.75) is 18.9 Å². The number of primary amides is 1. The standard InChI is InChI=1S/C12H16N2O3/c13-12(16)11(15)9-3-5-10(6-4-9)17-14-7-1-2-8-14/h3-6,11,15H,1-2,7-8H2,(H2,13,16)/t11-/m0/s1. The molecule has 0 unspecified atom stereocenters. The first-order chi connectivity index (χ1) is 8.16. The van der Waals surface area contributed by atoms with Crippen LogP contribution >= 0.6 is 0 Å². The number of benzene rings is 1. The SMILES string of the molecule is NC(=O)[C@@H](O)c1ccc(ON2CCCC2)cc1. The molecule has 1 aliphatic heterocycles. The Hall–Kier alpha value is -1.59. The van der Waals surface area contributed by atoms with Crippen LogP contribution in [0.4, 0.5) is 0 Å². The highest BCUT2D eigenvalue weighted by molar-refractivity contribution is 5.80. The first-order valence-corrected chi connectivity index (χ1v) is 5.67. The van der Waals surface area contributed by atoms with Crippen molar-refractivity contribution in [2.75, 3.05) is 13.1 Å². The quantitative estimate of drug-likeness (QED) is 0.802. The van der Waals surface area contributed by atoms with E-state index in [-0.39, 0.29) is 0 Å². The Balaban J connectivity index is 1.99. The molecule has 0 aromatic heterocycles. The highest BCUT2D eigenvalue weighted by Gasteiger charge is 2.15. The number of carbonyl (C=O) groups excluding carboxylic acids is 1. The van der Waals surface area contributed by atoms with E-state index in [9.17, 15) is 9.90 Å². The lowest BCUT2D eigenvalue weighted by molar-refractivity contribution is -0.126. The molecular weight excluding hydrogens is 220 g/mol. The van der Waals surface area contributed by atoms with Crippen LogP contribution in [0.25, 0.3) is 0 Å². The number of hydrogen-bond donors (Lipinski definition) is 2. The topological polar surface area (TPSA) is 75.8 Å². The van der Waals surface area contributed by atoms with Crippen LogP contribution in [0.15, 0.2) is 24.3 Å².